The molecular formula is C12H9Cl3N2O3. The second-order valence-electron chi connectivity index (χ2n) is 3.92. The van der Waals surface area contributed by atoms with E-state index in [9.17, 15) is 9.59 Å². The van der Waals surface area contributed by atoms with Crippen molar-refractivity contribution in [3.8, 4) is 0 Å². The Labute approximate surface area is 129 Å². The fourth-order valence-electron chi connectivity index (χ4n) is 1.72. The van der Waals surface area contributed by atoms with Crippen LogP contribution < -0.4 is 5.56 Å². The Morgan fingerprint density at radius 3 is 2.60 bits per heavy atom. The molecule has 0 radical (unpaired) electrons. The SMILES string of the molecule is COC(=O)Cn1c(C(Cl)(Cl)Cl)nc2ccccc2c1=O. The second kappa shape index (κ2) is 5.60. The summed E-state index contributed by atoms with van der Waals surface area (Å²) in [6.07, 6.45) is 0. The third kappa shape index (κ3) is 2.90. The Balaban J connectivity index is 2.77. The number of aromatic nitrogens is 2. The van der Waals surface area contributed by atoms with Crippen molar-refractivity contribution in [2.45, 2.75) is 10.3 Å². The lowest BCUT2D eigenvalue weighted by atomic mass is 10.2. The van der Waals surface area contributed by atoms with Crippen LogP contribution in [0.15, 0.2) is 29.1 Å². The highest BCUT2D eigenvalue weighted by Gasteiger charge is 2.30. The number of nitrogens with zero attached hydrogens (tertiary/aromatic N) is 2. The first-order valence-electron chi connectivity index (χ1n) is 5.48. The molecule has 5 nitrogen and oxygen atoms in total. The first-order valence-corrected chi connectivity index (χ1v) is 6.61. The zero-order chi connectivity index (χ0) is 14.9. The summed E-state index contributed by atoms with van der Waals surface area (Å²) in [5.41, 5.74) is -0.0812. The van der Waals surface area contributed by atoms with E-state index in [0.717, 1.165) is 4.57 Å². The molecule has 0 N–H and O–H groups in total. The monoisotopic (exact) mass is 334 g/mol. The van der Waals surface area contributed by atoms with Crippen LogP contribution in [-0.2, 0) is 19.9 Å². The molecule has 0 aliphatic carbocycles. The number of halogens is 3. The molecule has 2 rings (SSSR count). The molecule has 0 saturated carbocycles. The van der Waals surface area contributed by atoms with E-state index in [1.54, 1.807) is 24.3 Å². The molecule has 0 unspecified atom stereocenters. The van der Waals surface area contributed by atoms with Gasteiger partial charge in [0.15, 0.2) is 5.82 Å². The summed E-state index contributed by atoms with van der Waals surface area (Å²) in [6.45, 7) is -0.379. The Hall–Kier alpha value is -1.30. The van der Waals surface area contributed by atoms with Gasteiger partial charge >= 0.3 is 5.97 Å². The van der Waals surface area contributed by atoms with Gasteiger partial charge in [-0.3, -0.25) is 14.2 Å². The first kappa shape index (κ1) is 15.1. The van der Waals surface area contributed by atoms with Gasteiger partial charge < -0.3 is 4.74 Å². The van der Waals surface area contributed by atoms with Gasteiger partial charge in [0.1, 0.15) is 6.54 Å². The minimum atomic E-state index is -1.93. The molecule has 0 bridgehead atoms. The molecule has 0 aliphatic rings. The molecule has 2 aromatic rings. The number of hydrogen-bond donors (Lipinski definition) is 0. The van der Waals surface area contributed by atoms with Gasteiger partial charge in [-0.1, -0.05) is 46.9 Å². The number of carbonyl (C=O) groups excluding carboxylic acids is 1. The Morgan fingerprint density at radius 2 is 2.00 bits per heavy atom. The molecule has 1 heterocycles. The molecule has 1 aromatic heterocycles. The van der Waals surface area contributed by atoms with Crippen LogP contribution in [0.1, 0.15) is 5.82 Å². The fourth-order valence-corrected chi connectivity index (χ4v) is 2.16. The average Bonchev–Trinajstić information content (AvgIpc) is 2.40. The molecule has 0 spiro atoms. The van der Waals surface area contributed by atoms with Gasteiger partial charge in [-0.15, -0.1) is 0 Å². The van der Waals surface area contributed by atoms with E-state index in [-0.39, 0.29) is 12.4 Å². The lowest BCUT2D eigenvalue weighted by Crippen LogP contribution is -2.32. The Kier molecular flexibility index (Phi) is 4.22. The number of para-hydroxylation sites is 1. The minimum absolute atomic E-state index is 0.128. The molecule has 0 saturated heterocycles. The van der Waals surface area contributed by atoms with Gasteiger partial charge in [-0.25, -0.2) is 4.98 Å². The van der Waals surface area contributed by atoms with E-state index in [1.807, 2.05) is 0 Å². The quantitative estimate of drug-likeness (QED) is 0.624. The van der Waals surface area contributed by atoms with E-state index >= 15 is 0 Å². The van der Waals surface area contributed by atoms with Crippen LogP contribution in [0.4, 0.5) is 0 Å². The summed E-state index contributed by atoms with van der Waals surface area (Å²) in [5.74, 6) is -0.767. The van der Waals surface area contributed by atoms with Gasteiger partial charge in [-0.2, -0.15) is 0 Å². The molecule has 0 fully saturated rings. The zero-order valence-electron chi connectivity index (χ0n) is 10.3. The van der Waals surface area contributed by atoms with Crippen molar-refractivity contribution >= 4 is 51.7 Å². The number of carbonyl (C=O) groups is 1. The molecule has 1 aromatic carbocycles. The molecule has 106 valence electrons. The van der Waals surface area contributed by atoms with E-state index in [0.29, 0.717) is 10.9 Å². The number of rotatable bonds is 2. The average molecular weight is 336 g/mol. The van der Waals surface area contributed by atoms with E-state index in [1.165, 1.54) is 7.11 Å². The van der Waals surface area contributed by atoms with Crippen molar-refractivity contribution in [2.75, 3.05) is 7.11 Å². The Morgan fingerprint density at radius 1 is 1.35 bits per heavy atom. The fraction of sp³-hybridized carbons (Fsp3) is 0.250. The van der Waals surface area contributed by atoms with Crippen molar-refractivity contribution in [2.24, 2.45) is 0 Å². The van der Waals surface area contributed by atoms with Gasteiger partial charge in [-0.05, 0) is 12.1 Å². The van der Waals surface area contributed by atoms with Crippen molar-refractivity contribution in [3.05, 3.63) is 40.4 Å². The summed E-state index contributed by atoms with van der Waals surface area (Å²) in [7, 11) is 1.21. The number of methoxy groups -OCH3 is 1. The maximum Gasteiger partial charge on any atom is 0.325 e. The van der Waals surface area contributed by atoms with Crippen molar-refractivity contribution in [1.82, 2.24) is 9.55 Å². The standard InChI is InChI=1S/C12H9Cl3N2O3/c1-20-9(18)6-17-10(19)7-4-2-3-5-8(7)16-11(17)12(13,14)15/h2-5H,6H2,1H3. The number of ether oxygens (including phenoxy) is 1. The second-order valence-corrected chi connectivity index (χ2v) is 6.20. The normalized spacial score (nSPS) is 11.6. The third-order valence-electron chi connectivity index (χ3n) is 2.63. The highest BCUT2D eigenvalue weighted by molar-refractivity contribution is 6.66. The van der Waals surface area contributed by atoms with Crippen LogP contribution in [0.25, 0.3) is 10.9 Å². The van der Waals surface area contributed by atoms with Gasteiger partial charge in [0.2, 0.25) is 3.79 Å². The predicted molar refractivity (Wildman–Crippen MR) is 77.3 cm³/mol. The third-order valence-corrected chi connectivity index (χ3v) is 3.14. The van der Waals surface area contributed by atoms with Crippen LogP contribution in [0.3, 0.4) is 0 Å². The van der Waals surface area contributed by atoms with Crippen LogP contribution in [0.2, 0.25) is 0 Å². The zero-order valence-corrected chi connectivity index (χ0v) is 12.5. The minimum Gasteiger partial charge on any atom is -0.468 e. The number of alkyl halides is 3. The van der Waals surface area contributed by atoms with Crippen LogP contribution in [-0.4, -0.2) is 22.6 Å². The first-order chi connectivity index (χ1) is 9.34. The predicted octanol–water partition coefficient (Wildman–Crippen LogP) is 2.40. The molecule has 20 heavy (non-hydrogen) atoms. The molecular weight excluding hydrogens is 327 g/mol. The summed E-state index contributed by atoms with van der Waals surface area (Å²) in [6, 6.07) is 6.60. The van der Waals surface area contributed by atoms with E-state index < -0.39 is 15.3 Å². The van der Waals surface area contributed by atoms with Crippen molar-refractivity contribution < 1.29 is 9.53 Å². The summed E-state index contributed by atoms with van der Waals surface area (Å²) < 4.78 is 3.60. The molecule has 0 aliphatic heterocycles. The van der Waals surface area contributed by atoms with E-state index in [2.05, 4.69) is 9.72 Å². The van der Waals surface area contributed by atoms with Crippen molar-refractivity contribution in [1.29, 1.82) is 0 Å². The van der Waals surface area contributed by atoms with Gasteiger partial charge in [0, 0.05) is 0 Å². The summed E-state index contributed by atoms with van der Waals surface area (Å²) in [4.78, 5) is 28.0. The maximum absolute atomic E-state index is 12.4. The van der Waals surface area contributed by atoms with Crippen LogP contribution in [0.5, 0.6) is 0 Å². The maximum atomic E-state index is 12.4. The molecule has 0 amide bonds. The molecule has 0 atom stereocenters. The largest absolute Gasteiger partial charge is 0.468 e. The van der Waals surface area contributed by atoms with Gasteiger partial charge in [0.25, 0.3) is 5.56 Å². The highest BCUT2D eigenvalue weighted by Crippen LogP contribution is 2.36. The highest BCUT2D eigenvalue weighted by atomic mass is 35.6. The topological polar surface area (TPSA) is 61.2 Å². The number of fused-ring (bicyclic) bond motifs is 1. The molecule has 8 heteroatoms. The smallest absolute Gasteiger partial charge is 0.325 e. The number of hydrogen-bond acceptors (Lipinski definition) is 4. The van der Waals surface area contributed by atoms with Crippen LogP contribution in [0, 0.1) is 0 Å². The Bertz CT molecular complexity index is 722. The van der Waals surface area contributed by atoms with E-state index in [4.69, 9.17) is 34.8 Å². The lowest BCUT2D eigenvalue weighted by Gasteiger charge is -2.17. The lowest BCUT2D eigenvalue weighted by molar-refractivity contribution is -0.141. The number of benzene rings is 1. The van der Waals surface area contributed by atoms with Crippen molar-refractivity contribution in [3.63, 3.8) is 0 Å². The summed E-state index contributed by atoms with van der Waals surface area (Å²) in [5, 5.41) is 0.328. The van der Waals surface area contributed by atoms with Gasteiger partial charge in [0.05, 0.1) is 18.0 Å². The number of esters is 1. The van der Waals surface area contributed by atoms with Crippen LogP contribution >= 0.6 is 34.8 Å². The summed E-state index contributed by atoms with van der Waals surface area (Å²) >= 11 is 17.5.